The van der Waals surface area contributed by atoms with Crippen LogP contribution in [0.1, 0.15) is 23.6 Å². The van der Waals surface area contributed by atoms with Crippen LogP contribution in [-0.4, -0.2) is 22.6 Å². The summed E-state index contributed by atoms with van der Waals surface area (Å²) < 4.78 is 7.06. The van der Waals surface area contributed by atoms with Gasteiger partial charge in [0.15, 0.2) is 4.80 Å². The number of aryl methyl sites for hydroxylation is 1. The van der Waals surface area contributed by atoms with E-state index >= 15 is 0 Å². The highest BCUT2D eigenvalue weighted by Crippen LogP contribution is 2.05. The molecule has 3 aromatic rings. The molecule has 0 saturated heterocycles. The van der Waals surface area contributed by atoms with Gasteiger partial charge in [-0.2, -0.15) is 4.99 Å². The zero-order valence-corrected chi connectivity index (χ0v) is 17.2. The molecule has 0 unspecified atom stereocenters. The fourth-order valence-corrected chi connectivity index (χ4v) is 3.32. The Morgan fingerprint density at radius 2 is 1.83 bits per heavy atom. The van der Waals surface area contributed by atoms with E-state index < -0.39 is 18.0 Å². The van der Waals surface area contributed by atoms with Gasteiger partial charge in [0.1, 0.15) is 12.6 Å². The number of thiazole rings is 1. The van der Waals surface area contributed by atoms with Crippen molar-refractivity contribution in [3.05, 3.63) is 87.7 Å². The molecule has 0 radical (unpaired) electrons. The van der Waals surface area contributed by atoms with Gasteiger partial charge in [0.05, 0.1) is 0 Å². The third-order valence-electron chi connectivity index (χ3n) is 4.26. The smallest absolute Gasteiger partial charge is 0.408 e. The van der Waals surface area contributed by atoms with Gasteiger partial charge in [0.25, 0.3) is 5.91 Å². The van der Waals surface area contributed by atoms with Gasteiger partial charge < -0.3 is 14.6 Å². The highest BCUT2D eigenvalue weighted by Gasteiger charge is 2.16. The average molecular weight is 410 g/mol. The molecule has 0 aliphatic carbocycles. The molecular weight excluding hydrogens is 386 g/mol. The maximum absolute atomic E-state index is 12.4. The summed E-state index contributed by atoms with van der Waals surface area (Å²) in [5, 5.41) is 4.41. The summed E-state index contributed by atoms with van der Waals surface area (Å²) >= 11 is 1.38. The minimum absolute atomic E-state index is 0.145. The molecule has 1 heterocycles. The van der Waals surface area contributed by atoms with Crippen LogP contribution in [0.3, 0.4) is 0 Å². The molecule has 0 bridgehead atoms. The number of hydrogen-bond donors (Lipinski definition) is 1. The molecule has 1 atom stereocenters. The SMILES string of the molecule is Cc1ccc(Cn2ccsc2=NC(=O)[C@H](C)NC(=O)OCc2ccccc2)cc1. The molecule has 6 nitrogen and oxygen atoms in total. The van der Waals surface area contributed by atoms with E-state index in [1.165, 1.54) is 16.9 Å². The molecule has 2 aromatic carbocycles. The fourth-order valence-electron chi connectivity index (χ4n) is 2.59. The minimum atomic E-state index is -0.784. The number of benzene rings is 2. The lowest BCUT2D eigenvalue weighted by atomic mass is 10.1. The first-order valence-electron chi connectivity index (χ1n) is 9.26. The third kappa shape index (κ3) is 6.15. The first-order valence-corrected chi connectivity index (χ1v) is 10.1. The van der Waals surface area contributed by atoms with Crippen LogP contribution in [0.4, 0.5) is 4.79 Å². The Bertz CT molecular complexity index is 1020. The van der Waals surface area contributed by atoms with Crippen molar-refractivity contribution in [3.8, 4) is 0 Å². The van der Waals surface area contributed by atoms with E-state index in [-0.39, 0.29) is 6.61 Å². The Morgan fingerprint density at radius 3 is 2.55 bits per heavy atom. The van der Waals surface area contributed by atoms with E-state index in [0.717, 1.165) is 11.1 Å². The van der Waals surface area contributed by atoms with Gasteiger partial charge in [0.2, 0.25) is 0 Å². The zero-order valence-electron chi connectivity index (χ0n) is 16.4. The van der Waals surface area contributed by atoms with E-state index in [0.29, 0.717) is 11.3 Å². The molecule has 2 amide bonds. The van der Waals surface area contributed by atoms with Crippen molar-refractivity contribution in [1.29, 1.82) is 0 Å². The van der Waals surface area contributed by atoms with Crippen LogP contribution < -0.4 is 10.1 Å². The van der Waals surface area contributed by atoms with E-state index in [1.807, 2.05) is 53.4 Å². The number of rotatable bonds is 6. The quantitative estimate of drug-likeness (QED) is 0.675. The van der Waals surface area contributed by atoms with Crippen molar-refractivity contribution >= 4 is 23.3 Å². The number of ether oxygens (including phenoxy) is 1. The van der Waals surface area contributed by atoms with Crippen molar-refractivity contribution in [3.63, 3.8) is 0 Å². The number of carbonyl (C=O) groups is 2. The van der Waals surface area contributed by atoms with Gasteiger partial charge in [-0.25, -0.2) is 4.79 Å². The van der Waals surface area contributed by atoms with E-state index in [9.17, 15) is 9.59 Å². The summed E-state index contributed by atoms with van der Waals surface area (Å²) in [6.07, 6.45) is 1.24. The molecule has 0 fully saturated rings. The van der Waals surface area contributed by atoms with Gasteiger partial charge in [-0.05, 0) is 25.0 Å². The molecule has 29 heavy (non-hydrogen) atoms. The van der Waals surface area contributed by atoms with Gasteiger partial charge in [0, 0.05) is 18.1 Å². The van der Waals surface area contributed by atoms with Crippen LogP contribution in [0.2, 0.25) is 0 Å². The maximum atomic E-state index is 12.4. The highest BCUT2D eigenvalue weighted by molar-refractivity contribution is 7.07. The van der Waals surface area contributed by atoms with Gasteiger partial charge in [-0.15, -0.1) is 11.3 Å². The standard InChI is InChI=1S/C22H23N3O3S/c1-16-8-10-18(11-9-16)14-25-12-13-29-21(25)24-20(26)17(2)23-22(27)28-15-19-6-4-3-5-7-19/h3-13,17H,14-15H2,1-2H3,(H,23,27)/t17-/m0/s1. The molecule has 0 aliphatic rings. The van der Waals surface area contributed by atoms with E-state index in [2.05, 4.69) is 34.6 Å². The first kappa shape index (κ1) is 20.5. The van der Waals surface area contributed by atoms with Crippen molar-refractivity contribution in [2.75, 3.05) is 0 Å². The summed E-state index contributed by atoms with van der Waals surface area (Å²) in [4.78, 5) is 29.1. The van der Waals surface area contributed by atoms with Gasteiger partial charge in [-0.1, -0.05) is 60.2 Å². The number of aromatic nitrogens is 1. The molecule has 7 heteroatoms. The Balaban J connectivity index is 1.58. The number of nitrogens with one attached hydrogen (secondary N) is 1. The predicted molar refractivity (Wildman–Crippen MR) is 112 cm³/mol. The van der Waals surface area contributed by atoms with Crippen molar-refractivity contribution in [1.82, 2.24) is 9.88 Å². The summed E-state index contributed by atoms with van der Waals surface area (Å²) in [5.41, 5.74) is 3.20. The Morgan fingerprint density at radius 1 is 1.10 bits per heavy atom. The average Bonchev–Trinajstić information content (AvgIpc) is 3.15. The van der Waals surface area contributed by atoms with Crippen molar-refractivity contribution < 1.29 is 14.3 Å². The number of hydrogen-bond acceptors (Lipinski definition) is 4. The third-order valence-corrected chi connectivity index (χ3v) is 5.05. The fraction of sp³-hybridized carbons (Fsp3) is 0.227. The molecule has 1 aromatic heterocycles. The second-order valence-corrected chi connectivity index (χ2v) is 7.55. The number of nitrogens with zero attached hydrogens (tertiary/aromatic N) is 2. The molecule has 0 aliphatic heterocycles. The topological polar surface area (TPSA) is 72.7 Å². The first-order chi connectivity index (χ1) is 14.0. The lowest BCUT2D eigenvalue weighted by Crippen LogP contribution is -2.39. The molecular formula is C22H23N3O3S. The van der Waals surface area contributed by atoms with Gasteiger partial charge in [-0.3, -0.25) is 4.79 Å². The van der Waals surface area contributed by atoms with Crippen LogP contribution in [-0.2, 0) is 22.7 Å². The van der Waals surface area contributed by atoms with Crippen LogP contribution in [0.5, 0.6) is 0 Å². The Hall–Kier alpha value is -3.19. The monoisotopic (exact) mass is 409 g/mol. The van der Waals surface area contributed by atoms with Crippen LogP contribution in [0.25, 0.3) is 0 Å². The van der Waals surface area contributed by atoms with Crippen molar-refractivity contribution in [2.45, 2.75) is 33.0 Å². The molecule has 1 N–H and O–H groups in total. The molecule has 150 valence electrons. The lowest BCUT2D eigenvalue weighted by Gasteiger charge is -2.11. The second-order valence-electron chi connectivity index (χ2n) is 6.68. The number of amides is 2. The van der Waals surface area contributed by atoms with E-state index in [1.54, 1.807) is 6.92 Å². The summed E-state index contributed by atoms with van der Waals surface area (Å²) in [5.74, 6) is -0.429. The van der Waals surface area contributed by atoms with Crippen LogP contribution in [0, 0.1) is 6.92 Å². The normalized spacial score (nSPS) is 12.4. The summed E-state index contributed by atoms with van der Waals surface area (Å²) in [6.45, 7) is 4.40. The predicted octanol–water partition coefficient (Wildman–Crippen LogP) is 3.65. The Kier molecular flexibility index (Phi) is 6.97. The maximum Gasteiger partial charge on any atom is 0.408 e. The van der Waals surface area contributed by atoms with Crippen LogP contribution >= 0.6 is 11.3 Å². The summed E-state index contributed by atoms with van der Waals surface area (Å²) in [7, 11) is 0. The number of alkyl carbamates (subject to hydrolysis) is 1. The highest BCUT2D eigenvalue weighted by atomic mass is 32.1. The Labute approximate surface area is 173 Å². The second kappa shape index (κ2) is 9.84. The largest absolute Gasteiger partial charge is 0.445 e. The molecule has 0 saturated carbocycles. The van der Waals surface area contributed by atoms with Crippen LogP contribution in [0.15, 0.2) is 71.2 Å². The lowest BCUT2D eigenvalue weighted by molar-refractivity contribution is -0.119. The molecule has 0 spiro atoms. The molecule has 3 rings (SSSR count). The minimum Gasteiger partial charge on any atom is -0.445 e. The van der Waals surface area contributed by atoms with Crippen molar-refractivity contribution in [2.24, 2.45) is 4.99 Å². The van der Waals surface area contributed by atoms with E-state index in [4.69, 9.17) is 4.74 Å². The zero-order chi connectivity index (χ0) is 20.6. The van der Waals surface area contributed by atoms with Gasteiger partial charge >= 0.3 is 6.09 Å². The number of carbonyl (C=O) groups excluding carboxylic acids is 2. The summed E-state index contributed by atoms with van der Waals surface area (Å²) in [6, 6.07) is 16.8.